The first-order valence-electron chi connectivity index (χ1n) is 11.1. The van der Waals surface area contributed by atoms with E-state index in [0.717, 1.165) is 61.2 Å². The summed E-state index contributed by atoms with van der Waals surface area (Å²) in [5.74, 6) is 0.0752. The quantitative estimate of drug-likeness (QED) is 0.280. The molecule has 0 spiro atoms. The molecule has 0 saturated carbocycles. The minimum Gasteiger partial charge on any atom is -0.295 e. The van der Waals surface area contributed by atoms with Gasteiger partial charge in [0.05, 0.1) is 0 Å². The Labute approximate surface area is 196 Å². The van der Waals surface area contributed by atoms with E-state index < -0.39 is 0 Å². The molecule has 0 amide bonds. The highest BCUT2D eigenvalue weighted by molar-refractivity contribution is 5.94. The number of ketones is 1. The first kappa shape index (κ1) is 22.2. The first-order valence-corrected chi connectivity index (χ1v) is 11.1. The maximum absolute atomic E-state index is 11.7. The third-order valence-electron chi connectivity index (χ3n) is 5.98. The molecule has 0 atom stereocenters. The highest BCUT2D eigenvalue weighted by atomic mass is 16.1. The molecule has 0 bridgehead atoms. The average Bonchev–Trinajstić information content (AvgIpc) is 2.84. The molecule has 0 N–H and O–H groups in total. The summed E-state index contributed by atoms with van der Waals surface area (Å²) >= 11 is 0. The van der Waals surface area contributed by atoms with E-state index in [9.17, 15) is 4.79 Å². The highest BCUT2D eigenvalue weighted by Crippen LogP contribution is 2.34. The fraction of sp³-hybridized carbons (Fsp3) is 0.0938. The zero-order valence-electron chi connectivity index (χ0n) is 19.5. The zero-order valence-corrected chi connectivity index (χ0v) is 19.5. The maximum Gasteiger partial charge on any atom is 0.159 e. The summed E-state index contributed by atoms with van der Waals surface area (Å²) < 4.78 is 0. The van der Waals surface area contributed by atoms with E-state index in [1.165, 1.54) is 0 Å². The Morgan fingerprint density at radius 2 is 0.727 bits per heavy atom. The molecular weight excluding hydrogens is 400 g/mol. The van der Waals surface area contributed by atoms with Crippen LogP contribution in [-0.4, -0.2) is 5.78 Å². The zero-order chi connectivity index (χ0) is 23.5. The molecule has 1 nitrogen and oxygen atoms in total. The van der Waals surface area contributed by atoms with E-state index in [4.69, 9.17) is 0 Å². The van der Waals surface area contributed by atoms with Crippen molar-refractivity contribution in [3.8, 4) is 33.4 Å². The van der Waals surface area contributed by atoms with E-state index in [1.807, 2.05) is 38.1 Å². The smallest absolute Gasteiger partial charge is 0.159 e. The van der Waals surface area contributed by atoms with Crippen molar-refractivity contribution in [1.82, 2.24) is 0 Å². The molecule has 0 aliphatic rings. The van der Waals surface area contributed by atoms with Crippen LogP contribution in [0.4, 0.5) is 0 Å². The SMILES string of the molecule is C=C(C)c1ccc(-c2cc(-c3ccc(C(=C)C)cc3)cc(-c3ccc(C(C)=O)cc3)c2)cc1. The number of carbonyl (C=O) groups excluding carboxylic acids is 1. The molecule has 0 aliphatic carbocycles. The minimum absolute atomic E-state index is 0.0752. The van der Waals surface area contributed by atoms with Gasteiger partial charge in [0.15, 0.2) is 5.78 Å². The van der Waals surface area contributed by atoms with Crippen molar-refractivity contribution in [3.05, 3.63) is 121 Å². The van der Waals surface area contributed by atoms with Crippen molar-refractivity contribution >= 4 is 16.9 Å². The second-order valence-corrected chi connectivity index (χ2v) is 8.65. The van der Waals surface area contributed by atoms with Crippen LogP contribution in [0.5, 0.6) is 0 Å². The number of hydrogen-bond donors (Lipinski definition) is 0. The number of hydrogen-bond acceptors (Lipinski definition) is 1. The van der Waals surface area contributed by atoms with Crippen molar-refractivity contribution in [3.63, 3.8) is 0 Å². The highest BCUT2D eigenvalue weighted by Gasteiger charge is 2.09. The fourth-order valence-corrected chi connectivity index (χ4v) is 3.92. The van der Waals surface area contributed by atoms with Crippen molar-refractivity contribution in [2.45, 2.75) is 20.8 Å². The lowest BCUT2D eigenvalue weighted by atomic mass is 9.92. The summed E-state index contributed by atoms with van der Waals surface area (Å²) in [4.78, 5) is 11.7. The number of benzene rings is 4. The molecule has 4 aromatic carbocycles. The van der Waals surface area contributed by atoms with Crippen LogP contribution in [0.15, 0.2) is 104 Å². The van der Waals surface area contributed by atoms with Gasteiger partial charge in [-0.05, 0) is 83.5 Å². The number of carbonyl (C=O) groups is 1. The minimum atomic E-state index is 0.0752. The van der Waals surface area contributed by atoms with E-state index in [1.54, 1.807) is 6.92 Å². The predicted octanol–water partition coefficient (Wildman–Crippen LogP) is 8.96. The Balaban J connectivity index is 1.84. The standard InChI is InChI=1S/C32H28O/c1-21(2)24-6-12-27(13-7-24)30-18-31(28-14-8-25(9-15-28)22(3)4)20-32(19-30)29-16-10-26(11-17-29)23(5)33/h6-20H,1,3H2,2,4-5H3. The van der Waals surface area contributed by atoms with Gasteiger partial charge in [0.1, 0.15) is 0 Å². The summed E-state index contributed by atoms with van der Waals surface area (Å²) in [5.41, 5.74) is 11.9. The molecule has 0 aliphatic heterocycles. The van der Waals surface area contributed by atoms with E-state index in [-0.39, 0.29) is 5.78 Å². The Morgan fingerprint density at radius 1 is 0.455 bits per heavy atom. The molecule has 4 aromatic rings. The van der Waals surface area contributed by atoms with Crippen LogP contribution < -0.4 is 0 Å². The van der Waals surface area contributed by atoms with Crippen LogP contribution in [0, 0.1) is 0 Å². The molecule has 4 rings (SSSR count). The van der Waals surface area contributed by atoms with Crippen LogP contribution in [0.25, 0.3) is 44.5 Å². The molecule has 0 saturated heterocycles. The average molecular weight is 429 g/mol. The van der Waals surface area contributed by atoms with Crippen molar-refractivity contribution in [2.75, 3.05) is 0 Å². The van der Waals surface area contributed by atoms with Crippen LogP contribution >= 0.6 is 0 Å². The summed E-state index contributed by atoms with van der Waals surface area (Å²) in [6.45, 7) is 13.7. The summed E-state index contributed by atoms with van der Waals surface area (Å²) in [7, 11) is 0. The third-order valence-corrected chi connectivity index (χ3v) is 5.98. The number of Topliss-reactive ketones (excluding diaryl/α,β-unsaturated/α-hetero) is 1. The van der Waals surface area contributed by atoms with Gasteiger partial charge >= 0.3 is 0 Å². The fourth-order valence-electron chi connectivity index (χ4n) is 3.92. The normalized spacial score (nSPS) is 10.6. The van der Waals surface area contributed by atoms with Crippen LogP contribution in [0.2, 0.25) is 0 Å². The van der Waals surface area contributed by atoms with Gasteiger partial charge in [-0.2, -0.15) is 0 Å². The lowest BCUT2D eigenvalue weighted by Gasteiger charge is -2.13. The lowest BCUT2D eigenvalue weighted by Crippen LogP contribution is -1.91. The maximum atomic E-state index is 11.7. The molecule has 33 heavy (non-hydrogen) atoms. The van der Waals surface area contributed by atoms with Gasteiger partial charge < -0.3 is 0 Å². The van der Waals surface area contributed by atoms with E-state index in [0.29, 0.717) is 0 Å². The van der Waals surface area contributed by atoms with Crippen molar-refractivity contribution < 1.29 is 4.79 Å². The van der Waals surface area contributed by atoms with Crippen LogP contribution in [-0.2, 0) is 0 Å². The largest absolute Gasteiger partial charge is 0.295 e. The molecule has 1 heteroatoms. The second-order valence-electron chi connectivity index (χ2n) is 8.65. The van der Waals surface area contributed by atoms with Crippen LogP contribution in [0.1, 0.15) is 42.3 Å². The van der Waals surface area contributed by atoms with Gasteiger partial charge in [0, 0.05) is 5.56 Å². The van der Waals surface area contributed by atoms with Crippen LogP contribution in [0.3, 0.4) is 0 Å². The molecular formula is C32H28O. The Hall–Kier alpha value is -3.97. The van der Waals surface area contributed by atoms with E-state index in [2.05, 4.69) is 79.9 Å². The summed E-state index contributed by atoms with van der Waals surface area (Å²) in [5, 5.41) is 0. The summed E-state index contributed by atoms with van der Waals surface area (Å²) in [6.07, 6.45) is 0. The van der Waals surface area contributed by atoms with Gasteiger partial charge in [-0.3, -0.25) is 4.79 Å². The number of rotatable bonds is 6. The van der Waals surface area contributed by atoms with Crippen molar-refractivity contribution in [1.29, 1.82) is 0 Å². The van der Waals surface area contributed by atoms with Gasteiger partial charge in [-0.15, -0.1) is 0 Å². The Kier molecular flexibility index (Phi) is 6.24. The molecule has 0 unspecified atom stereocenters. The predicted molar refractivity (Wildman–Crippen MR) is 142 cm³/mol. The lowest BCUT2D eigenvalue weighted by molar-refractivity contribution is 0.101. The monoisotopic (exact) mass is 428 g/mol. The number of allylic oxidation sites excluding steroid dienone is 2. The first-order chi connectivity index (χ1) is 15.8. The third kappa shape index (κ3) is 4.94. The van der Waals surface area contributed by atoms with Gasteiger partial charge in [-0.25, -0.2) is 0 Å². The molecule has 0 aromatic heterocycles. The van der Waals surface area contributed by atoms with Gasteiger partial charge in [0.2, 0.25) is 0 Å². The molecule has 0 fully saturated rings. The molecule has 0 heterocycles. The van der Waals surface area contributed by atoms with Gasteiger partial charge in [-0.1, -0.05) is 97.1 Å². The molecule has 162 valence electrons. The Morgan fingerprint density at radius 3 is 0.970 bits per heavy atom. The van der Waals surface area contributed by atoms with Crippen molar-refractivity contribution in [2.24, 2.45) is 0 Å². The Bertz CT molecular complexity index is 1150. The topological polar surface area (TPSA) is 17.1 Å². The molecule has 0 radical (unpaired) electrons. The van der Waals surface area contributed by atoms with Gasteiger partial charge in [0.25, 0.3) is 0 Å². The summed E-state index contributed by atoms with van der Waals surface area (Å²) in [6, 6.07) is 31.6. The van der Waals surface area contributed by atoms with E-state index >= 15 is 0 Å². The second kappa shape index (κ2) is 9.26.